The molecule has 0 radical (unpaired) electrons. The lowest BCUT2D eigenvalue weighted by atomic mass is 10.2. The number of esters is 1. The van der Waals surface area contributed by atoms with Crippen molar-refractivity contribution in [3.63, 3.8) is 0 Å². The van der Waals surface area contributed by atoms with E-state index in [4.69, 9.17) is 23.9 Å². The SMILES string of the molecule is COC[C@H](NCCOc1ccc2c(c1)nc(-c1cc(C)c(=O)n(C)c1)n2[C@@H](C)COC)C(=O)OCC(C)C. The van der Waals surface area contributed by atoms with Gasteiger partial charge >= 0.3 is 5.97 Å². The Balaban J connectivity index is 1.78. The van der Waals surface area contributed by atoms with Gasteiger partial charge in [0.1, 0.15) is 24.2 Å². The summed E-state index contributed by atoms with van der Waals surface area (Å²) in [4.78, 5) is 29.5. The van der Waals surface area contributed by atoms with Crippen molar-refractivity contribution in [2.45, 2.75) is 39.8 Å². The number of benzene rings is 1. The summed E-state index contributed by atoms with van der Waals surface area (Å²) in [5.41, 5.74) is 3.18. The molecule has 10 nitrogen and oxygen atoms in total. The van der Waals surface area contributed by atoms with Crippen LogP contribution in [0.25, 0.3) is 22.4 Å². The first-order chi connectivity index (χ1) is 18.2. The molecule has 0 bridgehead atoms. The van der Waals surface area contributed by atoms with Crippen molar-refractivity contribution in [1.29, 1.82) is 0 Å². The van der Waals surface area contributed by atoms with Gasteiger partial charge < -0.3 is 28.1 Å². The lowest BCUT2D eigenvalue weighted by Gasteiger charge is -2.18. The van der Waals surface area contributed by atoms with Gasteiger partial charge in [0.25, 0.3) is 5.56 Å². The Labute approximate surface area is 223 Å². The van der Waals surface area contributed by atoms with Crippen LogP contribution in [0.1, 0.15) is 32.4 Å². The number of methoxy groups -OCH3 is 2. The fourth-order valence-electron chi connectivity index (χ4n) is 4.26. The number of carbonyl (C=O) groups excluding carboxylic acids is 1. The van der Waals surface area contributed by atoms with Crippen molar-refractivity contribution in [2.24, 2.45) is 13.0 Å². The van der Waals surface area contributed by atoms with Crippen LogP contribution in [0, 0.1) is 12.8 Å². The van der Waals surface area contributed by atoms with Crippen LogP contribution in [0.2, 0.25) is 0 Å². The number of pyridine rings is 1. The van der Waals surface area contributed by atoms with Crippen LogP contribution >= 0.6 is 0 Å². The quantitative estimate of drug-likeness (QED) is 0.251. The third-order valence-corrected chi connectivity index (χ3v) is 6.07. The monoisotopic (exact) mass is 528 g/mol. The maximum absolute atomic E-state index is 12.3. The summed E-state index contributed by atoms with van der Waals surface area (Å²) in [6.07, 6.45) is 1.80. The molecule has 1 aromatic carbocycles. The number of aromatic nitrogens is 3. The molecule has 3 aromatic rings. The molecule has 2 atom stereocenters. The third-order valence-electron chi connectivity index (χ3n) is 6.07. The van der Waals surface area contributed by atoms with Crippen LogP contribution in [0.4, 0.5) is 0 Å². The fourth-order valence-corrected chi connectivity index (χ4v) is 4.26. The van der Waals surface area contributed by atoms with Crippen molar-refractivity contribution in [3.8, 4) is 17.1 Å². The number of ether oxygens (including phenoxy) is 4. The minimum Gasteiger partial charge on any atom is -0.492 e. The van der Waals surface area contributed by atoms with E-state index in [1.165, 1.54) is 0 Å². The predicted molar refractivity (Wildman–Crippen MR) is 147 cm³/mol. The van der Waals surface area contributed by atoms with E-state index >= 15 is 0 Å². The van der Waals surface area contributed by atoms with Crippen LogP contribution in [-0.4, -0.2) is 73.3 Å². The first-order valence-corrected chi connectivity index (χ1v) is 12.9. The molecule has 10 heteroatoms. The summed E-state index contributed by atoms with van der Waals surface area (Å²) < 4.78 is 25.6. The van der Waals surface area contributed by atoms with E-state index in [1.807, 2.05) is 38.1 Å². The molecule has 2 aromatic heterocycles. The van der Waals surface area contributed by atoms with Crippen molar-refractivity contribution < 1.29 is 23.7 Å². The molecule has 0 spiro atoms. The van der Waals surface area contributed by atoms with Crippen molar-refractivity contribution in [2.75, 3.05) is 47.2 Å². The molecule has 0 amide bonds. The van der Waals surface area contributed by atoms with Crippen molar-refractivity contribution in [3.05, 3.63) is 46.4 Å². The van der Waals surface area contributed by atoms with Gasteiger partial charge in [-0.2, -0.15) is 0 Å². The molecule has 0 saturated heterocycles. The maximum atomic E-state index is 12.3. The molecule has 38 heavy (non-hydrogen) atoms. The van der Waals surface area contributed by atoms with Crippen LogP contribution in [0.15, 0.2) is 35.3 Å². The number of carbonyl (C=O) groups is 1. The number of hydrogen-bond acceptors (Lipinski definition) is 8. The number of hydrogen-bond donors (Lipinski definition) is 1. The third kappa shape index (κ3) is 7.21. The predicted octanol–water partition coefficient (Wildman–Crippen LogP) is 3.10. The molecule has 0 saturated carbocycles. The van der Waals surface area contributed by atoms with Gasteiger partial charge in [-0.05, 0) is 38.0 Å². The average molecular weight is 529 g/mol. The smallest absolute Gasteiger partial charge is 0.325 e. The summed E-state index contributed by atoms with van der Waals surface area (Å²) in [7, 11) is 4.96. The van der Waals surface area contributed by atoms with E-state index in [9.17, 15) is 9.59 Å². The molecular weight excluding hydrogens is 488 g/mol. The second-order valence-corrected chi connectivity index (χ2v) is 9.92. The fraction of sp³-hybridized carbons (Fsp3) is 0.536. The van der Waals surface area contributed by atoms with Gasteiger partial charge in [-0.1, -0.05) is 13.8 Å². The van der Waals surface area contributed by atoms with E-state index in [2.05, 4.69) is 16.8 Å². The average Bonchev–Trinajstić information content (AvgIpc) is 3.26. The lowest BCUT2D eigenvalue weighted by molar-refractivity contribution is -0.148. The Morgan fingerprint density at radius 2 is 1.82 bits per heavy atom. The minimum atomic E-state index is -0.560. The molecule has 0 aliphatic heterocycles. The van der Waals surface area contributed by atoms with E-state index in [-0.39, 0.29) is 30.1 Å². The highest BCUT2D eigenvalue weighted by molar-refractivity contribution is 5.82. The Hall–Kier alpha value is -3.21. The van der Waals surface area contributed by atoms with E-state index in [1.54, 1.807) is 39.0 Å². The molecule has 0 aliphatic carbocycles. The van der Waals surface area contributed by atoms with Gasteiger partial charge in [0.2, 0.25) is 0 Å². The summed E-state index contributed by atoms with van der Waals surface area (Å²) >= 11 is 0. The Bertz CT molecular complexity index is 1260. The number of aryl methyl sites for hydroxylation is 2. The number of rotatable bonds is 14. The van der Waals surface area contributed by atoms with Gasteiger partial charge in [0.05, 0.1) is 36.9 Å². The first-order valence-electron chi connectivity index (χ1n) is 12.9. The highest BCUT2D eigenvalue weighted by atomic mass is 16.5. The van der Waals surface area contributed by atoms with E-state index in [0.717, 1.165) is 22.4 Å². The summed E-state index contributed by atoms with van der Waals surface area (Å²) in [5, 5.41) is 3.14. The molecule has 0 unspecified atom stereocenters. The standard InChI is InChI=1S/C28H40N4O6/c1-18(2)15-38-28(34)24(17-36-7)29-10-11-37-22-8-9-25-23(13-22)30-26(32(25)20(4)16-35-6)21-12-19(3)27(33)31(5)14-21/h8-9,12-14,18,20,24,29H,10-11,15-17H2,1-7H3/t20-,24-/m0/s1. The zero-order valence-electron chi connectivity index (χ0n) is 23.4. The van der Waals surface area contributed by atoms with Gasteiger partial charge in [-0.25, -0.2) is 4.98 Å². The molecule has 208 valence electrons. The molecule has 2 heterocycles. The van der Waals surface area contributed by atoms with Crippen LogP contribution in [-0.2, 0) is 26.1 Å². The maximum Gasteiger partial charge on any atom is 0.325 e. The molecule has 0 aliphatic rings. The zero-order valence-corrected chi connectivity index (χ0v) is 23.4. The number of imidazole rings is 1. The number of nitrogens with zero attached hydrogens (tertiary/aromatic N) is 3. The van der Waals surface area contributed by atoms with Gasteiger partial charge in [0.15, 0.2) is 0 Å². The lowest BCUT2D eigenvalue weighted by Crippen LogP contribution is -2.43. The summed E-state index contributed by atoms with van der Waals surface area (Å²) in [6, 6.07) is 7.10. The van der Waals surface area contributed by atoms with Gasteiger partial charge in [-0.3, -0.25) is 14.9 Å². The molecule has 0 fully saturated rings. The summed E-state index contributed by atoms with van der Waals surface area (Å²) in [5.74, 6) is 1.35. The second kappa shape index (κ2) is 13.5. The van der Waals surface area contributed by atoms with E-state index in [0.29, 0.717) is 37.7 Å². The van der Waals surface area contributed by atoms with Crippen molar-refractivity contribution >= 4 is 17.0 Å². The number of nitrogens with one attached hydrogen (secondary N) is 1. The number of fused-ring (bicyclic) bond motifs is 1. The van der Waals surface area contributed by atoms with Crippen molar-refractivity contribution in [1.82, 2.24) is 19.4 Å². The largest absolute Gasteiger partial charge is 0.492 e. The highest BCUT2D eigenvalue weighted by Crippen LogP contribution is 2.30. The molecule has 3 rings (SSSR count). The minimum absolute atomic E-state index is 0.0154. The van der Waals surface area contributed by atoms with Crippen LogP contribution in [0.3, 0.4) is 0 Å². The second-order valence-electron chi connectivity index (χ2n) is 9.92. The molecule has 1 N–H and O–H groups in total. The zero-order chi connectivity index (χ0) is 27.8. The highest BCUT2D eigenvalue weighted by Gasteiger charge is 2.21. The van der Waals surface area contributed by atoms with Crippen LogP contribution in [0.5, 0.6) is 5.75 Å². The summed E-state index contributed by atoms with van der Waals surface area (Å²) in [6.45, 7) is 9.73. The van der Waals surface area contributed by atoms with Gasteiger partial charge in [-0.15, -0.1) is 0 Å². The Morgan fingerprint density at radius 1 is 1.08 bits per heavy atom. The van der Waals surface area contributed by atoms with Crippen LogP contribution < -0.4 is 15.6 Å². The first kappa shape index (κ1) is 29.3. The Kier molecular flexibility index (Phi) is 10.5. The topological polar surface area (TPSA) is 106 Å². The van der Waals surface area contributed by atoms with Gasteiger partial charge in [0, 0.05) is 51.2 Å². The Morgan fingerprint density at radius 3 is 2.47 bits per heavy atom. The molecular formula is C28H40N4O6. The van der Waals surface area contributed by atoms with E-state index < -0.39 is 6.04 Å². The normalized spacial score (nSPS) is 13.2.